The Labute approximate surface area is 113 Å². The fraction of sp³-hybridized carbons (Fsp3) is 0.118. The van der Waals surface area contributed by atoms with Crippen LogP contribution < -0.4 is 0 Å². The maximum absolute atomic E-state index is 7.07. The van der Waals surface area contributed by atoms with Crippen LogP contribution in [0.5, 0.6) is 0 Å². The van der Waals surface area contributed by atoms with Crippen LogP contribution >= 0.6 is 0 Å². The first-order valence-electron chi connectivity index (χ1n) is 6.15. The summed E-state index contributed by atoms with van der Waals surface area (Å²) >= 11 is 0. The smallest absolute Gasteiger partial charge is 0.194 e. The topological polar surface area (TPSA) is 13.6 Å². The lowest BCUT2D eigenvalue weighted by atomic mass is 10.1. The van der Waals surface area contributed by atoms with Gasteiger partial charge in [-0.15, -0.1) is 0 Å². The van der Waals surface area contributed by atoms with Gasteiger partial charge in [0.1, 0.15) is 0 Å². The summed E-state index contributed by atoms with van der Waals surface area (Å²) in [6, 6.07) is 17.6. The van der Waals surface area contributed by atoms with E-state index >= 15 is 0 Å². The lowest BCUT2D eigenvalue weighted by Crippen LogP contribution is -1.91. The molecule has 0 fully saturated rings. The molecule has 0 spiro atoms. The maximum atomic E-state index is 7.07. The highest BCUT2D eigenvalue weighted by Gasteiger charge is 1.95. The molecule has 2 aromatic carbocycles. The van der Waals surface area contributed by atoms with Gasteiger partial charge in [0.05, 0.1) is 19.8 Å². The van der Waals surface area contributed by atoms with Gasteiger partial charge in [0.25, 0.3) is 0 Å². The second kappa shape index (κ2) is 7.15. The molecular formula is C17H15NO. The third-order valence-electron chi connectivity index (χ3n) is 2.68. The van der Waals surface area contributed by atoms with E-state index in [-0.39, 0.29) is 0 Å². The lowest BCUT2D eigenvalue weighted by molar-refractivity contribution is 0.149. The molecule has 0 radical (unpaired) electrons. The standard InChI is InChI=1S/C17H15NO/c1-18-17-12-6-5-10-16(17)11-7-13-19-14-15-8-3-2-4-9-15/h2-12H,13-14H2/b11-7+. The third-order valence-corrected chi connectivity index (χ3v) is 2.68. The number of ether oxygens (including phenoxy) is 1. The molecular weight excluding hydrogens is 234 g/mol. The molecule has 0 aromatic heterocycles. The van der Waals surface area contributed by atoms with Crippen molar-refractivity contribution in [2.75, 3.05) is 6.61 Å². The van der Waals surface area contributed by atoms with Crippen molar-refractivity contribution in [2.45, 2.75) is 6.61 Å². The van der Waals surface area contributed by atoms with Gasteiger partial charge in [-0.1, -0.05) is 66.7 Å². The van der Waals surface area contributed by atoms with Crippen LogP contribution in [-0.4, -0.2) is 6.61 Å². The van der Waals surface area contributed by atoms with Gasteiger partial charge in [0.15, 0.2) is 5.69 Å². The van der Waals surface area contributed by atoms with Crippen molar-refractivity contribution >= 4 is 11.8 Å². The van der Waals surface area contributed by atoms with Crippen molar-refractivity contribution in [2.24, 2.45) is 0 Å². The molecule has 0 saturated heterocycles. The largest absolute Gasteiger partial charge is 0.373 e. The monoisotopic (exact) mass is 249 g/mol. The van der Waals surface area contributed by atoms with Crippen LogP contribution in [0.15, 0.2) is 60.7 Å². The van der Waals surface area contributed by atoms with Gasteiger partial charge < -0.3 is 4.74 Å². The quantitative estimate of drug-likeness (QED) is 0.563. The summed E-state index contributed by atoms with van der Waals surface area (Å²) in [5, 5.41) is 0. The van der Waals surface area contributed by atoms with Gasteiger partial charge in [0.2, 0.25) is 0 Å². The van der Waals surface area contributed by atoms with Gasteiger partial charge >= 0.3 is 0 Å². The Morgan fingerprint density at radius 3 is 2.53 bits per heavy atom. The zero-order valence-corrected chi connectivity index (χ0v) is 10.6. The van der Waals surface area contributed by atoms with E-state index in [0.717, 1.165) is 11.1 Å². The van der Waals surface area contributed by atoms with Gasteiger partial charge in [-0.05, 0) is 11.1 Å². The number of benzene rings is 2. The zero-order chi connectivity index (χ0) is 13.3. The molecule has 0 saturated carbocycles. The SMILES string of the molecule is [C-]#[N+]c1ccccc1/C=C/COCc1ccccc1. The summed E-state index contributed by atoms with van der Waals surface area (Å²) in [6.45, 7) is 8.22. The van der Waals surface area contributed by atoms with Gasteiger partial charge in [-0.3, -0.25) is 0 Å². The molecule has 0 heterocycles. The highest BCUT2D eigenvalue weighted by atomic mass is 16.5. The predicted octanol–water partition coefficient (Wildman–Crippen LogP) is 4.47. The highest BCUT2D eigenvalue weighted by molar-refractivity contribution is 5.67. The Bertz CT molecular complexity index is 582. The lowest BCUT2D eigenvalue weighted by Gasteiger charge is -2.01. The summed E-state index contributed by atoms with van der Waals surface area (Å²) in [4.78, 5) is 3.47. The van der Waals surface area contributed by atoms with Crippen LogP contribution in [0.25, 0.3) is 10.9 Å². The summed E-state index contributed by atoms with van der Waals surface area (Å²) in [5.74, 6) is 0. The summed E-state index contributed by atoms with van der Waals surface area (Å²) < 4.78 is 5.55. The molecule has 19 heavy (non-hydrogen) atoms. The fourth-order valence-corrected chi connectivity index (χ4v) is 1.72. The Balaban J connectivity index is 1.83. The van der Waals surface area contributed by atoms with Crippen molar-refractivity contribution < 1.29 is 4.74 Å². The van der Waals surface area contributed by atoms with E-state index in [0.29, 0.717) is 18.9 Å². The Morgan fingerprint density at radius 2 is 1.74 bits per heavy atom. The number of hydrogen-bond acceptors (Lipinski definition) is 1. The van der Waals surface area contributed by atoms with E-state index in [4.69, 9.17) is 11.3 Å². The number of hydrogen-bond donors (Lipinski definition) is 0. The summed E-state index contributed by atoms with van der Waals surface area (Å²) in [5.41, 5.74) is 2.76. The molecule has 0 atom stereocenters. The van der Waals surface area contributed by atoms with Crippen molar-refractivity contribution in [1.82, 2.24) is 0 Å². The van der Waals surface area contributed by atoms with E-state index in [1.807, 2.05) is 66.7 Å². The molecule has 94 valence electrons. The highest BCUT2D eigenvalue weighted by Crippen LogP contribution is 2.19. The molecule has 2 nitrogen and oxygen atoms in total. The van der Waals surface area contributed by atoms with Crippen LogP contribution in [0.3, 0.4) is 0 Å². The Hall–Kier alpha value is -2.37. The average Bonchev–Trinajstić information content (AvgIpc) is 2.48. The minimum Gasteiger partial charge on any atom is -0.373 e. The fourth-order valence-electron chi connectivity index (χ4n) is 1.72. The van der Waals surface area contributed by atoms with Crippen LogP contribution in [0.1, 0.15) is 11.1 Å². The van der Waals surface area contributed by atoms with E-state index < -0.39 is 0 Å². The van der Waals surface area contributed by atoms with Crippen LogP contribution in [0.2, 0.25) is 0 Å². The minimum atomic E-state index is 0.543. The average molecular weight is 249 g/mol. The Morgan fingerprint density at radius 1 is 1.00 bits per heavy atom. The predicted molar refractivity (Wildman–Crippen MR) is 77.8 cm³/mol. The first-order chi connectivity index (χ1) is 9.40. The van der Waals surface area contributed by atoms with E-state index in [9.17, 15) is 0 Å². The molecule has 2 rings (SSSR count). The van der Waals surface area contributed by atoms with Gasteiger partial charge in [0, 0.05) is 0 Å². The van der Waals surface area contributed by atoms with E-state index in [1.165, 1.54) is 0 Å². The van der Waals surface area contributed by atoms with Crippen LogP contribution in [0.4, 0.5) is 5.69 Å². The molecule has 0 unspecified atom stereocenters. The third kappa shape index (κ3) is 4.09. The minimum absolute atomic E-state index is 0.543. The molecule has 2 heteroatoms. The van der Waals surface area contributed by atoms with Crippen LogP contribution in [-0.2, 0) is 11.3 Å². The number of para-hydroxylation sites is 1. The van der Waals surface area contributed by atoms with E-state index in [2.05, 4.69) is 4.85 Å². The van der Waals surface area contributed by atoms with E-state index in [1.54, 1.807) is 0 Å². The van der Waals surface area contributed by atoms with Crippen molar-refractivity contribution in [3.05, 3.63) is 83.2 Å². The molecule has 0 aliphatic carbocycles. The van der Waals surface area contributed by atoms with Crippen molar-refractivity contribution in [3.63, 3.8) is 0 Å². The second-order valence-electron chi connectivity index (χ2n) is 4.07. The van der Waals surface area contributed by atoms with Crippen molar-refractivity contribution in [1.29, 1.82) is 0 Å². The van der Waals surface area contributed by atoms with Gasteiger partial charge in [-0.25, -0.2) is 4.85 Å². The van der Waals surface area contributed by atoms with Crippen molar-refractivity contribution in [3.8, 4) is 0 Å². The van der Waals surface area contributed by atoms with Crippen LogP contribution in [0, 0.1) is 6.57 Å². The van der Waals surface area contributed by atoms with Gasteiger partial charge in [-0.2, -0.15) is 0 Å². The number of nitrogens with zero attached hydrogens (tertiary/aromatic N) is 1. The first-order valence-corrected chi connectivity index (χ1v) is 6.15. The molecule has 0 amide bonds. The number of rotatable bonds is 5. The first kappa shape index (κ1) is 13.1. The summed E-state index contributed by atoms with van der Waals surface area (Å²) in [7, 11) is 0. The molecule has 0 bridgehead atoms. The Kier molecular flexibility index (Phi) is 4.92. The summed E-state index contributed by atoms with van der Waals surface area (Å²) in [6.07, 6.45) is 3.87. The molecule has 2 aromatic rings. The second-order valence-corrected chi connectivity index (χ2v) is 4.07. The zero-order valence-electron chi connectivity index (χ0n) is 10.6. The molecule has 0 aliphatic heterocycles. The molecule has 0 aliphatic rings. The molecule has 0 N–H and O–H groups in total. The maximum Gasteiger partial charge on any atom is 0.194 e. The normalized spacial score (nSPS) is 10.5.